The van der Waals surface area contributed by atoms with E-state index in [0.717, 1.165) is 51.4 Å². The van der Waals surface area contributed by atoms with Crippen LogP contribution >= 0.6 is 0 Å². The second-order valence-corrected chi connectivity index (χ2v) is 12.8. The number of rotatable bonds is 5. The highest BCUT2D eigenvalue weighted by molar-refractivity contribution is 5.73. The number of ether oxygens (including phenoxy) is 1. The molecule has 0 aromatic rings. The normalized spacial score (nSPS) is 39.8. The first-order chi connectivity index (χ1) is 14.0. The number of hydrogen-bond acceptors (Lipinski definition) is 4. The maximum Gasteiger partial charge on any atom is 0.309 e. The Balaban J connectivity index is 1.70. The van der Waals surface area contributed by atoms with Gasteiger partial charge in [-0.3, -0.25) is 10.1 Å². The smallest absolute Gasteiger partial charge is 0.309 e. The quantitative estimate of drug-likeness (QED) is 0.298. The highest BCUT2D eigenvalue weighted by Crippen LogP contribution is 2.48. The number of carbonyl (C=O) groups is 1. The van der Waals surface area contributed by atoms with Crippen molar-refractivity contribution in [3.8, 4) is 0 Å². The first kappa shape index (κ1) is 24.0. The molecule has 7 atom stereocenters. The molecule has 3 aliphatic rings. The third-order valence-electron chi connectivity index (χ3n) is 8.18. The first-order valence-electron chi connectivity index (χ1n) is 12.5. The molecule has 0 spiro atoms. The minimum atomic E-state index is -0.258. The fourth-order valence-corrected chi connectivity index (χ4v) is 7.63. The van der Waals surface area contributed by atoms with Crippen LogP contribution in [0.5, 0.6) is 0 Å². The van der Waals surface area contributed by atoms with Gasteiger partial charge in [-0.25, -0.2) is 4.89 Å². The predicted octanol–water partition coefficient (Wildman–Crippen LogP) is 6.87. The number of carbonyl (C=O) groups excluding carboxylic acids is 1. The van der Waals surface area contributed by atoms with Crippen LogP contribution in [0.25, 0.3) is 0 Å². The molecular formula is C26H46O4. The molecule has 174 valence electrons. The van der Waals surface area contributed by atoms with Crippen molar-refractivity contribution in [2.75, 3.05) is 0 Å². The Bertz CT molecular complexity index is 584. The first-order valence-corrected chi connectivity index (χ1v) is 12.5. The van der Waals surface area contributed by atoms with Crippen LogP contribution in [-0.2, 0) is 14.4 Å². The Hall–Kier alpha value is -0.610. The fraction of sp³-hybridized carbons (Fsp3) is 0.962. The van der Waals surface area contributed by atoms with Gasteiger partial charge in [0.1, 0.15) is 6.10 Å². The largest absolute Gasteiger partial charge is 0.462 e. The third-order valence-corrected chi connectivity index (χ3v) is 8.18. The Labute approximate surface area is 184 Å². The summed E-state index contributed by atoms with van der Waals surface area (Å²) in [6.07, 6.45) is 10.2. The molecule has 0 aromatic heterocycles. The van der Waals surface area contributed by atoms with Crippen LogP contribution in [0, 0.1) is 40.4 Å². The van der Waals surface area contributed by atoms with Crippen molar-refractivity contribution < 1.29 is 19.7 Å². The lowest BCUT2D eigenvalue weighted by atomic mass is 9.63. The fourth-order valence-electron chi connectivity index (χ4n) is 7.63. The number of esters is 1. The van der Waals surface area contributed by atoms with Crippen molar-refractivity contribution in [2.45, 2.75) is 118 Å². The van der Waals surface area contributed by atoms with Crippen molar-refractivity contribution in [2.24, 2.45) is 40.4 Å². The van der Waals surface area contributed by atoms with Crippen LogP contribution in [0.2, 0.25) is 0 Å². The SMILES string of the molecule is CC1CC(OC(=O)C2CCCCC2C(OO)C2CC(C)CC(C)(C)C2)CC(C)(C)C1. The van der Waals surface area contributed by atoms with Gasteiger partial charge in [0.2, 0.25) is 0 Å². The van der Waals surface area contributed by atoms with Crippen molar-refractivity contribution in [1.82, 2.24) is 0 Å². The van der Waals surface area contributed by atoms with E-state index in [1.807, 2.05) is 0 Å². The van der Waals surface area contributed by atoms with Crippen molar-refractivity contribution in [1.29, 1.82) is 0 Å². The maximum atomic E-state index is 13.3. The minimum absolute atomic E-state index is 0.0287. The Morgan fingerprint density at radius 2 is 1.50 bits per heavy atom. The summed E-state index contributed by atoms with van der Waals surface area (Å²) in [6, 6.07) is 0. The van der Waals surface area contributed by atoms with Crippen LogP contribution in [-0.4, -0.2) is 23.4 Å². The molecule has 0 aromatic carbocycles. The van der Waals surface area contributed by atoms with Gasteiger partial charge in [-0.15, -0.1) is 0 Å². The Kier molecular flexibility index (Phi) is 7.60. The molecule has 30 heavy (non-hydrogen) atoms. The van der Waals surface area contributed by atoms with Gasteiger partial charge in [-0.2, -0.15) is 0 Å². The van der Waals surface area contributed by atoms with Crippen molar-refractivity contribution in [3.63, 3.8) is 0 Å². The Morgan fingerprint density at radius 3 is 2.10 bits per heavy atom. The van der Waals surface area contributed by atoms with Gasteiger partial charge >= 0.3 is 5.97 Å². The molecule has 0 aliphatic heterocycles. The van der Waals surface area contributed by atoms with Gasteiger partial charge in [0.05, 0.1) is 12.0 Å². The van der Waals surface area contributed by atoms with E-state index < -0.39 is 0 Å². The van der Waals surface area contributed by atoms with E-state index in [9.17, 15) is 10.1 Å². The van der Waals surface area contributed by atoms with Crippen molar-refractivity contribution >= 4 is 5.97 Å². The minimum Gasteiger partial charge on any atom is -0.462 e. The lowest BCUT2D eigenvalue weighted by molar-refractivity contribution is -0.312. The molecule has 3 rings (SSSR count). The van der Waals surface area contributed by atoms with E-state index in [-0.39, 0.29) is 40.8 Å². The maximum absolute atomic E-state index is 13.3. The number of hydrogen-bond donors (Lipinski definition) is 1. The van der Waals surface area contributed by atoms with Gasteiger partial charge < -0.3 is 4.74 Å². The van der Waals surface area contributed by atoms with E-state index >= 15 is 0 Å². The zero-order chi connectivity index (χ0) is 22.1. The molecule has 0 heterocycles. The topological polar surface area (TPSA) is 55.8 Å². The molecule has 7 unspecified atom stereocenters. The Morgan fingerprint density at radius 1 is 0.900 bits per heavy atom. The lowest BCUT2D eigenvalue weighted by Crippen LogP contribution is -2.45. The second kappa shape index (κ2) is 9.48. The van der Waals surface area contributed by atoms with Crippen LogP contribution in [0.1, 0.15) is 106 Å². The van der Waals surface area contributed by atoms with Gasteiger partial charge in [0, 0.05) is 5.92 Å². The van der Waals surface area contributed by atoms with Crippen LogP contribution in [0.3, 0.4) is 0 Å². The zero-order valence-electron chi connectivity index (χ0n) is 20.3. The molecule has 0 amide bonds. The van der Waals surface area contributed by atoms with E-state index in [4.69, 9.17) is 9.62 Å². The third kappa shape index (κ3) is 6.00. The summed E-state index contributed by atoms with van der Waals surface area (Å²) in [5, 5.41) is 9.96. The molecule has 4 nitrogen and oxygen atoms in total. The molecule has 4 heteroatoms. The van der Waals surface area contributed by atoms with E-state index in [1.54, 1.807) is 0 Å². The summed E-state index contributed by atoms with van der Waals surface area (Å²) in [5.41, 5.74) is 0.489. The van der Waals surface area contributed by atoms with Gasteiger partial charge in [-0.05, 0) is 80.0 Å². The average molecular weight is 423 g/mol. The van der Waals surface area contributed by atoms with Crippen LogP contribution in [0.4, 0.5) is 0 Å². The summed E-state index contributed by atoms with van der Waals surface area (Å²) >= 11 is 0. The summed E-state index contributed by atoms with van der Waals surface area (Å²) in [4.78, 5) is 18.5. The summed E-state index contributed by atoms with van der Waals surface area (Å²) in [7, 11) is 0. The van der Waals surface area contributed by atoms with Crippen molar-refractivity contribution in [3.05, 3.63) is 0 Å². The molecule has 0 bridgehead atoms. The summed E-state index contributed by atoms with van der Waals surface area (Å²) in [5.74, 6) is 1.40. The highest BCUT2D eigenvalue weighted by Gasteiger charge is 2.45. The lowest BCUT2D eigenvalue weighted by Gasteiger charge is -2.45. The molecule has 1 N–H and O–H groups in total. The highest BCUT2D eigenvalue weighted by atomic mass is 17.1. The predicted molar refractivity (Wildman–Crippen MR) is 120 cm³/mol. The van der Waals surface area contributed by atoms with E-state index in [0.29, 0.717) is 17.8 Å². The van der Waals surface area contributed by atoms with Crippen LogP contribution in [0.15, 0.2) is 0 Å². The van der Waals surface area contributed by atoms with Gasteiger partial charge in [0.25, 0.3) is 0 Å². The molecule has 0 radical (unpaired) electrons. The molecule has 0 saturated heterocycles. The zero-order valence-corrected chi connectivity index (χ0v) is 20.3. The summed E-state index contributed by atoms with van der Waals surface area (Å²) in [6.45, 7) is 13.8. The average Bonchev–Trinajstić information content (AvgIpc) is 2.59. The molecule has 3 saturated carbocycles. The molecule has 3 fully saturated rings. The molecule has 3 aliphatic carbocycles. The monoisotopic (exact) mass is 422 g/mol. The van der Waals surface area contributed by atoms with E-state index in [1.165, 1.54) is 12.8 Å². The molecular weight excluding hydrogens is 376 g/mol. The van der Waals surface area contributed by atoms with E-state index in [2.05, 4.69) is 41.5 Å². The summed E-state index contributed by atoms with van der Waals surface area (Å²) < 4.78 is 6.14. The van der Waals surface area contributed by atoms with Crippen LogP contribution < -0.4 is 0 Å². The standard InChI is InChI=1S/C26H46O4/c1-17-11-19(15-25(3,4)13-17)23(30-28)21-9-7-8-10-22(21)24(27)29-20-12-18(2)14-26(5,6)16-20/h17-23,28H,7-16H2,1-6H3. The van der Waals surface area contributed by atoms with Gasteiger partial charge in [-0.1, -0.05) is 54.4 Å². The van der Waals surface area contributed by atoms with Gasteiger partial charge in [0.15, 0.2) is 0 Å². The second-order valence-electron chi connectivity index (χ2n) is 12.8.